The van der Waals surface area contributed by atoms with Gasteiger partial charge in [-0.3, -0.25) is 4.79 Å². The molecule has 3 heterocycles. The number of carbonyl (C=O) groups is 1. The number of aryl methyl sites for hydroxylation is 1. The molecule has 29 heavy (non-hydrogen) atoms. The van der Waals surface area contributed by atoms with Gasteiger partial charge in [0.15, 0.2) is 23.6 Å². The van der Waals surface area contributed by atoms with E-state index in [4.69, 9.17) is 4.74 Å². The average molecular weight is 395 g/mol. The maximum absolute atomic E-state index is 12.5. The van der Waals surface area contributed by atoms with E-state index in [-0.39, 0.29) is 12.5 Å². The second-order valence-corrected chi connectivity index (χ2v) is 7.46. The van der Waals surface area contributed by atoms with Crippen LogP contribution in [0, 0.1) is 0 Å². The van der Waals surface area contributed by atoms with Gasteiger partial charge in [-0.15, -0.1) is 5.10 Å². The highest BCUT2D eigenvalue weighted by Crippen LogP contribution is 2.22. The summed E-state index contributed by atoms with van der Waals surface area (Å²) in [6.07, 6.45) is 1.52. The van der Waals surface area contributed by atoms with E-state index in [0.29, 0.717) is 49.0 Å². The Hall–Kier alpha value is -3.23. The molecular weight excluding hydrogens is 370 g/mol. The summed E-state index contributed by atoms with van der Waals surface area (Å²) >= 11 is 0. The van der Waals surface area contributed by atoms with Crippen molar-refractivity contribution in [1.29, 1.82) is 0 Å². The Morgan fingerprint density at radius 3 is 2.52 bits per heavy atom. The van der Waals surface area contributed by atoms with Crippen molar-refractivity contribution in [1.82, 2.24) is 29.9 Å². The number of amides is 1. The first-order valence-electron chi connectivity index (χ1n) is 9.79. The number of nitrogens with zero attached hydrogens (tertiary/aromatic N) is 7. The fraction of sp³-hybridized carbons (Fsp3) is 0.450. The van der Waals surface area contributed by atoms with Gasteiger partial charge in [0, 0.05) is 33.2 Å². The Balaban J connectivity index is 1.32. The maximum Gasteiger partial charge on any atom is 0.260 e. The summed E-state index contributed by atoms with van der Waals surface area (Å²) in [5.41, 5.74) is 2.63. The molecule has 0 N–H and O–H groups in total. The molecule has 9 nitrogen and oxygen atoms in total. The Labute approximate surface area is 169 Å². The Morgan fingerprint density at radius 1 is 1.10 bits per heavy atom. The number of ether oxygens (including phenoxy) is 1. The summed E-state index contributed by atoms with van der Waals surface area (Å²) in [6.45, 7) is 6.92. The maximum atomic E-state index is 12.5. The van der Waals surface area contributed by atoms with E-state index in [1.54, 1.807) is 11.7 Å². The standard InChI is InChI=1S/C20H25N7O2/c1-14(2)15-4-6-16(7-5-15)29-12-17(28)26-8-10-27(11-9-26)20-18-19(21-13-22-20)25(3)24-23-18/h4-7,13-14H,8-12H2,1-3H3. The van der Waals surface area contributed by atoms with Crippen molar-refractivity contribution in [2.75, 3.05) is 37.7 Å². The van der Waals surface area contributed by atoms with Crippen LogP contribution in [0.4, 0.5) is 5.82 Å². The Morgan fingerprint density at radius 2 is 1.83 bits per heavy atom. The van der Waals surface area contributed by atoms with Crippen LogP contribution in [0.3, 0.4) is 0 Å². The molecule has 0 bridgehead atoms. The molecule has 1 amide bonds. The topological polar surface area (TPSA) is 89.3 Å². The van der Waals surface area contributed by atoms with Gasteiger partial charge in [0.25, 0.3) is 5.91 Å². The molecule has 0 unspecified atom stereocenters. The first-order chi connectivity index (χ1) is 14.0. The second-order valence-electron chi connectivity index (χ2n) is 7.46. The third kappa shape index (κ3) is 3.98. The smallest absolute Gasteiger partial charge is 0.260 e. The van der Waals surface area contributed by atoms with E-state index < -0.39 is 0 Å². The molecule has 1 aromatic carbocycles. The van der Waals surface area contributed by atoms with Gasteiger partial charge in [0.05, 0.1) is 0 Å². The highest BCUT2D eigenvalue weighted by molar-refractivity contribution is 5.83. The molecule has 152 valence electrons. The second kappa shape index (κ2) is 8.02. The van der Waals surface area contributed by atoms with Crippen molar-refractivity contribution >= 4 is 22.9 Å². The van der Waals surface area contributed by atoms with Gasteiger partial charge in [-0.25, -0.2) is 14.6 Å². The van der Waals surface area contributed by atoms with Crippen LogP contribution in [0.25, 0.3) is 11.2 Å². The minimum Gasteiger partial charge on any atom is -0.484 e. The van der Waals surface area contributed by atoms with E-state index in [9.17, 15) is 4.79 Å². The van der Waals surface area contributed by atoms with E-state index in [1.807, 2.05) is 29.2 Å². The number of fused-ring (bicyclic) bond motifs is 1. The van der Waals surface area contributed by atoms with Gasteiger partial charge in [-0.1, -0.05) is 31.2 Å². The van der Waals surface area contributed by atoms with Crippen molar-refractivity contribution in [3.05, 3.63) is 36.2 Å². The molecule has 1 fully saturated rings. The molecule has 0 spiro atoms. The molecule has 4 rings (SSSR count). The summed E-state index contributed by atoms with van der Waals surface area (Å²) in [6, 6.07) is 7.92. The van der Waals surface area contributed by atoms with Crippen molar-refractivity contribution in [2.45, 2.75) is 19.8 Å². The predicted octanol–water partition coefficient (Wildman–Crippen LogP) is 1.61. The average Bonchev–Trinajstić information content (AvgIpc) is 3.13. The summed E-state index contributed by atoms with van der Waals surface area (Å²) < 4.78 is 7.31. The van der Waals surface area contributed by atoms with Gasteiger partial charge in [-0.05, 0) is 23.6 Å². The van der Waals surface area contributed by atoms with Crippen molar-refractivity contribution in [3.63, 3.8) is 0 Å². The van der Waals surface area contributed by atoms with Crippen molar-refractivity contribution in [3.8, 4) is 5.75 Å². The lowest BCUT2D eigenvalue weighted by molar-refractivity contribution is -0.133. The van der Waals surface area contributed by atoms with E-state index in [0.717, 1.165) is 5.82 Å². The lowest BCUT2D eigenvalue weighted by atomic mass is 10.0. The van der Waals surface area contributed by atoms with E-state index in [2.05, 4.69) is 39.0 Å². The summed E-state index contributed by atoms with van der Waals surface area (Å²) in [5.74, 6) is 1.94. The minimum absolute atomic E-state index is 0.00933. The normalized spacial score (nSPS) is 14.6. The molecule has 1 aliphatic heterocycles. The van der Waals surface area contributed by atoms with Gasteiger partial charge >= 0.3 is 0 Å². The number of hydrogen-bond acceptors (Lipinski definition) is 7. The highest BCUT2D eigenvalue weighted by atomic mass is 16.5. The number of carbonyl (C=O) groups excluding carboxylic acids is 1. The SMILES string of the molecule is CC(C)c1ccc(OCC(=O)N2CCN(c3ncnc4c3nnn4C)CC2)cc1. The van der Waals surface area contributed by atoms with Crippen LogP contribution in [0.1, 0.15) is 25.3 Å². The molecule has 0 radical (unpaired) electrons. The molecule has 3 aromatic rings. The predicted molar refractivity (Wildman–Crippen MR) is 109 cm³/mol. The minimum atomic E-state index is -0.00933. The molecule has 9 heteroatoms. The largest absolute Gasteiger partial charge is 0.484 e. The van der Waals surface area contributed by atoms with Crippen LogP contribution >= 0.6 is 0 Å². The van der Waals surface area contributed by atoms with Gasteiger partial charge in [0.1, 0.15) is 12.1 Å². The highest BCUT2D eigenvalue weighted by Gasteiger charge is 2.24. The zero-order chi connectivity index (χ0) is 20.4. The zero-order valence-electron chi connectivity index (χ0n) is 16.9. The van der Waals surface area contributed by atoms with Gasteiger partial charge in [-0.2, -0.15) is 0 Å². The third-order valence-corrected chi connectivity index (χ3v) is 5.21. The van der Waals surface area contributed by atoms with Crippen molar-refractivity contribution in [2.24, 2.45) is 7.05 Å². The Bertz CT molecular complexity index is 992. The number of rotatable bonds is 5. The van der Waals surface area contributed by atoms with Crippen LogP contribution in [-0.4, -0.2) is 68.6 Å². The molecular formula is C20H25N7O2. The van der Waals surface area contributed by atoms with Crippen LogP contribution < -0.4 is 9.64 Å². The van der Waals surface area contributed by atoms with E-state index >= 15 is 0 Å². The van der Waals surface area contributed by atoms with Crippen LogP contribution in [0.2, 0.25) is 0 Å². The number of benzene rings is 1. The molecule has 1 aliphatic rings. The van der Waals surface area contributed by atoms with Crippen LogP contribution in [0.5, 0.6) is 5.75 Å². The Kier molecular flexibility index (Phi) is 5.28. The third-order valence-electron chi connectivity index (χ3n) is 5.21. The quantitative estimate of drug-likeness (QED) is 0.648. The first kappa shape index (κ1) is 19.1. The number of piperazine rings is 1. The fourth-order valence-electron chi connectivity index (χ4n) is 3.43. The van der Waals surface area contributed by atoms with Crippen LogP contribution in [-0.2, 0) is 11.8 Å². The molecule has 0 atom stereocenters. The summed E-state index contributed by atoms with van der Waals surface area (Å²) in [4.78, 5) is 25.1. The van der Waals surface area contributed by atoms with E-state index in [1.165, 1.54) is 11.9 Å². The van der Waals surface area contributed by atoms with Gasteiger partial charge < -0.3 is 14.5 Å². The first-order valence-corrected chi connectivity index (χ1v) is 9.79. The zero-order valence-corrected chi connectivity index (χ0v) is 16.9. The van der Waals surface area contributed by atoms with Crippen molar-refractivity contribution < 1.29 is 9.53 Å². The number of aromatic nitrogens is 5. The molecule has 0 aliphatic carbocycles. The molecule has 0 saturated carbocycles. The fourth-order valence-corrected chi connectivity index (χ4v) is 3.43. The lowest BCUT2D eigenvalue weighted by Gasteiger charge is -2.35. The number of anilines is 1. The summed E-state index contributed by atoms with van der Waals surface area (Å²) in [7, 11) is 1.80. The number of hydrogen-bond donors (Lipinski definition) is 0. The van der Waals surface area contributed by atoms with Gasteiger partial charge in [0.2, 0.25) is 0 Å². The molecule has 1 saturated heterocycles. The lowest BCUT2D eigenvalue weighted by Crippen LogP contribution is -2.50. The molecule has 2 aromatic heterocycles. The van der Waals surface area contributed by atoms with Crippen LogP contribution in [0.15, 0.2) is 30.6 Å². The summed E-state index contributed by atoms with van der Waals surface area (Å²) in [5, 5.41) is 8.19. The monoisotopic (exact) mass is 395 g/mol.